The molecule has 0 amide bonds. The Kier molecular flexibility index (Phi) is 3.67. The lowest BCUT2D eigenvalue weighted by Gasteiger charge is -2.28. The van der Waals surface area contributed by atoms with Crippen LogP contribution in [0.1, 0.15) is 32.7 Å². The molecular formula is C10H15BrN2O2. The summed E-state index contributed by atoms with van der Waals surface area (Å²) in [5, 5.41) is 0. The zero-order chi connectivity index (χ0) is 11.6. The van der Waals surface area contributed by atoms with Crippen molar-refractivity contribution in [2.75, 3.05) is 7.11 Å². The monoisotopic (exact) mass is 274 g/mol. The Balaban J connectivity index is 3.14. The fourth-order valence-electron chi connectivity index (χ4n) is 1.40. The molecule has 0 saturated carbocycles. The largest absolute Gasteiger partial charge is 0.373 e. The second-order valence-electron chi connectivity index (χ2n) is 4.43. The van der Waals surface area contributed by atoms with Crippen LogP contribution < -0.4 is 5.56 Å². The number of hydrogen-bond donors (Lipinski definition) is 1. The van der Waals surface area contributed by atoms with Crippen LogP contribution in [0.15, 0.2) is 15.5 Å². The van der Waals surface area contributed by atoms with Gasteiger partial charge in [0.1, 0.15) is 16.4 Å². The molecule has 1 N–H and O–H groups in total. The van der Waals surface area contributed by atoms with E-state index in [1.165, 1.54) is 6.20 Å². The number of nitrogens with one attached hydrogen (secondary N) is 1. The summed E-state index contributed by atoms with van der Waals surface area (Å²) in [6, 6.07) is 0. The van der Waals surface area contributed by atoms with Gasteiger partial charge in [0.2, 0.25) is 0 Å². The number of ether oxygens (including phenoxy) is 1. The van der Waals surface area contributed by atoms with E-state index in [0.717, 1.165) is 0 Å². The lowest BCUT2D eigenvalue weighted by Crippen LogP contribution is -2.25. The molecule has 1 unspecified atom stereocenters. The fourth-order valence-corrected chi connectivity index (χ4v) is 1.60. The van der Waals surface area contributed by atoms with Crippen molar-refractivity contribution < 1.29 is 4.74 Å². The molecule has 0 aliphatic rings. The van der Waals surface area contributed by atoms with Crippen LogP contribution in [0.3, 0.4) is 0 Å². The highest BCUT2D eigenvalue weighted by Gasteiger charge is 2.28. The van der Waals surface area contributed by atoms with Gasteiger partial charge in [0.25, 0.3) is 5.56 Å². The number of hydrogen-bond acceptors (Lipinski definition) is 3. The molecule has 1 atom stereocenters. The van der Waals surface area contributed by atoms with Crippen molar-refractivity contribution in [3.63, 3.8) is 0 Å². The molecule has 4 nitrogen and oxygen atoms in total. The molecule has 1 rings (SSSR count). The standard InChI is InChI=1S/C10H15BrN2O2/c1-10(2,3)7(15-4)8-12-5-6(11)9(14)13-8/h5,7H,1-4H3,(H,12,13,14). The molecule has 0 aliphatic carbocycles. The van der Waals surface area contributed by atoms with Crippen LogP contribution >= 0.6 is 15.9 Å². The van der Waals surface area contributed by atoms with Crippen LogP contribution in [0, 0.1) is 5.41 Å². The van der Waals surface area contributed by atoms with Gasteiger partial charge in [0.05, 0.1) is 0 Å². The lowest BCUT2D eigenvalue weighted by atomic mass is 9.88. The summed E-state index contributed by atoms with van der Waals surface area (Å²) in [6.45, 7) is 6.09. The van der Waals surface area contributed by atoms with Crippen molar-refractivity contribution in [3.05, 3.63) is 26.8 Å². The average Bonchev–Trinajstić information content (AvgIpc) is 2.10. The van der Waals surface area contributed by atoms with Crippen molar-refractivity contribution in [1.82, 2.24) is 9.97 Å². The number of halogens is 1. The Hall–Kier alpha value is -0.680. The third-order valence-corrected chi connectivity index (χ3v) is 2.61. The Bertz CT molecular complexity index is 395. The summed E-state index contributed by atoms with van der Waals surface area (Å²) < 4.78 is 5.77. The van der Waals surface area contributed by atoms with Gasteiger partial charge in [-0.3, -0.25) is 4.79 Å². The highest BCUT2D eigenvalue weighted by molar-refractivity contribution is 9.10. The van der Waals surface area contributed by atoms with Gasteiger partial charge >= 0.3 is 0 Å². The number of aromatic nitrogens is 2. The van der Waals surface area contributed by atoms with E-state index in [9.17, 15) is 4.79 Å². The molecular weight excluding hydrogens is 260 g/mol. The van der Waals surface area contributed by atoms with Gasteiger partial charge in [0, 0.05) is 13.3 Å². The van der Waals surface area contributed by atoms with Crippen molar-refractivity contribution in [3.8, 4) is 0 Å². The first kappa shape index (κ1) is 12.4. The number of methoxy groups -OCH3 is 1. The van der Waals surface area contributed by atoms with Crippen LogP contribution in [0.5, 0.6) is 0 Å². The topological polar surface area (TPSA) is 55.0 Å². The van der Waals surface area contributed by atoms with E-state index < -0.39 is 0 Å². The molecule has 0 spiro atoms. The maximum absolute atomic E-state index is 11.4. The summed E-state index contributed by atoms with van der Waals surface area (Å²) in [5.41, 5.74) is -0.301. The number of rotatable bonds is 2. The van der Waals surface area contributed by atoms with E-state index >= 15 is 0 Å². The van der Waals surface area contributed by atoms with E-state index in [1.807, 2.05) is 20.8 Å². The first-order valence-corrected chi connectivity index (χ1v) is 5.43. The van der Waals surface area contributed by atoms with Crippen LogP contribution in [-0.2, 0) is 4.74 Å². The predicted molar refractivity (Wildman–Crippen MR) is 61.8 cm³/mol. The molecule has 0 fully saturated rings. The van der Waals surface area contributed by atoms with Gasteiger partial charge in [-0.05, 0) is 21.3 Å². The average molecular weight is 275 g/mol. The maximum Gasteiger partial charge on any atom is 0.265 e. The highest BCUT2D eigenvalue weighted by atomic mass is 79.9. The van der Waals surface area contributed by atoms with Crippen LogP contribution in [0.4, 0.5) is 0 Å². The molecule has 0 bridgehead atoms. The van der Waals surface area contributed by atoms with E-state index in [-0.39, 0.29) is 17.1 Å². The molecule has 5 heteroatoms. The molecule has 0 aliphatic heterocycles. The molecule has 84 valence electrons. The summed E-state index contributed by atoms with van der Waals surface area (Å²) in [6.07, 6.45) is 1.27. The van der Waals surface area contributed by atoms with Crippen molar-refractivity contribution >= 4 is 15.9 Å². The van der Waals surface area contributed by atoms with E-state index in [2.05, 4.69) is 25.9 Å². The van der Waals surface area contributed by atoms with Crippen LogP contribution in [-0.4, -0.2) is 17.1 Å². The van der Waals surface area contributed by atoms with Gasteiger partial charge in [-0.2, -0.15) is 0 Å². The van der Waals surface area contributed by atoms with Gasteiger partial charge in [-0.25, -0.2) is 4.98 Å². The molecule has 1 aromatic heterocycles. The second kappa shape index (κ2) is 4.45. The van der Waals surface area contributed by atoms with Gasteiger partial charge in [0.15, 0.2) is 0 Å². The smallest absolute Gasteiger partial charge is 0.265 e. The minimum atomic E-state index is -0.224. The maximum atomic E-state index is 11.4. The first-order chi connectivity index (χ1) is 6.86. The van der Waals surface area contributed by atoms with Gasteiger partial charge < -0.3 is 9.72 Å². The van der Waals surface area contributed by atoms with Crippen molar-refractivity contribution in [2.45, 2.75) is 26.9 Å². The Morgan fingerprint density at radius 3 is 2.53 bits per heavy atom. The van der Waals surface area contributed by atoms with Crippen molar-refractivity contribution in [2.24, 2.45) is 5.41 Å². The summed E-state index contributed by atoms with van der Waals surface area (Å²) in [4.78, 5) is 18.2. The quantitative estimate of drug-likeness (QED) is 0.900. The summed E-state index contributed by atoms with van der Waals surface area (Å²) in [5.74, 6) is 0.554. The molecule has 1 aromatic rings. The highest BCUT2D eigenvalue weighted by Crippen LogP contribution is 2.32. The van der Waals surface area contributed by atoms with E-state index in [4.69, 9.17) is 4.74 Å². The minimum absolute atomic E-state index is 0.113. The van der Waals surface area contributed by atoms with Gasteiger partial charge in [-0.1, -0.05) is 20.8 Å². The Morgan fingerprint density at radius 1 is 1.53 bits per heavy atom. The van der Waals surface area contributed by atoms with Crippen LogP contribution in [0.2, 0.25) is 0 Å². The van der Waals surface area contributed by atoms with Crippen molar-refractivity contribution in [1.29, 1.82) is 0 Å². The molecule has 0 saturated heterocycles. The zero-order valence-electron chi connectivity index (χ0n) is 9.30. The fraction of sp³-hybridized carbons (Fsp3) is 0.600. The summed E-state index contributed by atoms with van der Waals surface area (Å²) in [7, 11) is 1.61. The van der Waals surface area contributed by atoms with Crippen LogP contribution in [0.25, 0.3) is 0 Å². The SMILES string of the molecule is COC(c1ncc(Br)c(=O)[nH]1)C(C)(C)C. The number of nitrogens with zero attached hydrogens (tertiary/aromatic N) is 1. The Morgan fingerprint density at radius 2 is 2.13 bits per heavy atom. The molecule has 1 heterocycles. The molecule has 0 radical (unpaired) electrons. The Labute approximate surface area is 97.2 Å². The van der Waals surface area contributed by atoms with E-state index in [1.54, 1.807) is 7.11 Å². The second-order valence-corrected chi connectivity index (χ2v) is 5.28. The summed E-state index contributed by atoms with van der Waals surface area (Å²) >= 11 is 3.10. The minimum Gasteiger partial charge on any atom is -0.373 e. The van der Waals surface area contributed by atoms with Gasteiger partial charge in [-0.15, -0.1) is 0 Å². The normalized spacial score (nSPS) is 13.9. The number of aromatic amines is 1. The molecule has 15 heavy (non-hydrogen) atoms. The third kappa shape index (κ3) is 2.89. The first-order valence-electron chi connectivity index (χ1n) is 4.63. The third-order valence-electron chi connectivity index (χ3n) is 2.05. The predicted octanol–water partition coefficient (Wildman–Crippen LogP) is 2.27. The molecule has 0 aromatic carbocycles. The zero-order valence-corrected chi connectivity index (χ0v) is 10.9. The lowest BCUT2D eigenvalue weighted by molar-refractivity contribution is 0.00845. The number of H-pyrrole nitrogens is 1. The van der Waals surface area contributed by atoms with E-state index in [0.29, 0.717) is 10.3 Å².